The number of hydrogen-bond acceptors (Lipinski definition) is 4. The van der Waals surface area contributed by atoms with Crippen molar-refractivity contribution in [2.24, 2.45) is 0 Å². The zero-order valence-electron chi connectivity index (χ0n) is 18.8. The summed E-state index contributed by atoms with van der Waals surface area (Å²) in [5, 5.41) is 9.42. The standard InChI is InChI=1S/C25H24N8/c1-16(2)32-13-12-20(30-32)25-24(19-9-11-22-27-15-23(26-4)33(22)31-19)28-21(29-25)10-8-18-7-5-6-17(3)14-18/h5-7,9,11-16H,8,10H2,1-3H3,(H,28,29). The zero-order valence-corrected chi connectivity index (χ0v) is 18.8. The number of imidazole rings is 2. The number of aryl methyl sites for hydroxylation is 3. The molecule has 1 N–H and O–H groups in total. The van der Waals surface area contributed by atoms with Crippen molar-refractivity contribution in [2.45, 2.75) is 39.7 Å². The average molecular weight is 437 g/mol. The molecule has 33 heavy (non-hydrogen) atoms. The maximum atomic E-state index is 7.38. The van der Waals surface area contributed by atoms with E-state index in [4.69, 9.17) is 16.7 Å². The Labute approximate surface area is 191 Å². The van der Waals surface area contributed by atoms with E-state index >= 15 is 0 Å². The van der Waals surface area contributed by atoms with E-state index in [1.165, 1.54) is 17.3 Å². The molecule has 4 aromatic heterocycles. The molecule has 0 saturated heterocycles. The summed E-state index contributed by atoms with van der Waals surface area (Å²) in [6.07, 6.45) is 5.15. The van der Waals surface area contributed by atoms with Crippen LogP contribution < -0.4 is 0 Å². The van der Waals surface area contributed by atoms with Crippen LogP contribution in [0.25, 0.3) is 33.3 Å². The molecular formula is C25H24N8. The number of benzene rings is 1. The van der Waals surface area contributed by atoms with E-state index in [1.54, 1.807) is 4.52 Å². The molecule has 8 heteroatoms. The van der Waals surface area contributed by atoms with Gasteiger partial charge in [-0.1, -0.05) is 41.5 Å². The summed E-state index contributed by atoms with van der Waals surface area (Å²) in [5.74, 6) is 1.24. The molecule has 0 saturated carbocycles. The Bertz CT molecular complexity index is 1480. The van der Waals surface area contributed by atoms with Crippen molar-refractivity contribution >= 4 is 11.5 Å². The minimum absolute atomic E-state index is 0.257. The smallest absolute Gasteiger partial charge is 0.275 e. The van der Waals surface area contributed by atoms with E-state index in [-0.39, 0.29) is 6.04 Å². The summed E-state index contributed by atoms with van der Waals surface area (Å²) in [6.45, 7) is 13.7. The largest absolute Gasteiger partial charge is 0.360 e. The molecule has 0 unspecified atom stereocenters. The molecule has 0 aliphatic rings. The van der Waals surface area contributed by atoms with Crippen LogP contribution in [0.15, 0.2) is 54.9 Å². The van der Waals surface area contributed by atoms with Crippen molar-refractivity contribution < 1.29 is 0 Å². The van der Waals surface area contributed by atoms with Crippen molar-refractivity contribution in [3.8, 4) is 22.8 Å². The second-order valence-corrected chi connectivity index (χ2v) is 8.39. The third-order valence-electron chi connectivity index (χ3n) is 5.58. The van der Waals surface area contributed by atoms with Crippen LogP contribution in [0, 0.1) is 13.5 Å². The van der Waals surface area contributed by atoms with E-state index in [2.05, 4.69) is 64.9 Å². The van der Waals surface area contributed by atoms with Crippen molar-refractivity contribution in [3.63, 3.8) is 0 Å². The lowest BCUT2D eigenvalue weighted by Gasteiger charge is -2.04. The van der Waals surface area contributed by atoms with Gasteiger partial charge in [0, 0.05) is 24.7 Å². The van der Waals surface area contributed by atoms with Crippen molar-refractivity contribution in [2.75, 3.05) is 0 Å². The van der Waals surface area contributed by atoms with Gasteiger partial charge in [-0.2, -0.15) is 5.10 Å². The van der Waals surface area contributed by atoms with E-state index in [1.807, 2.05) is 29.1 Å². The van der Waals surface area contributed by atoms with Gasteiger partial charge >= 0.3 is 0 Å². The Kier molecular flexibility index (Phi) is 5.23. The number of aromatic amines is 1. The first-order valence-corrected chi connectivity index (χ1v) is 10.9. The fourth-order valence-electron chi connectivity index (χ4n) is 3.86. The van der Waals surface area contributed by atoms with Gasteiger partial charge in [-0.25, -0.2) is 9.97 Å². The van der Waals surface area contributed by atoms with Gasteiger partial charge in [0.15, 0.2) is 0 Å². The Morgan fingerprint density at radius 1 is 1.06 bits per heavy atom. The zero-order chi connectivity index (χ0) is 22.9. The number of fused-ring (bicyclic) bond motifs is 1. The van der Waals surface area contributed by atoms with Crippen LogP contribution in [0.2, 0.25) is 0 Å². The highest BCUT2D eigenvalue weighted by Gasteiger charge is 2.20. The number of H-pyrrole nitrogens is 1. The van der Waals surface area contributed by atoms with Gasteiger partial charge < -0.3 is 9.83 Å². The molecule has 5 aromatic rings. The second kappa shape index (κ2) is 8.36. The first-order chi connectivity index (χ1) is 16.0. The fourth-order valence-corrected chi connectivity index (χ4v) is 3.86. The van der Waals surface area contributed by atoms with Gasteiger partial charge in [0.25, 0.3) is 5.82 Å². The first kappa shape index (κ1) is 20.6. The Balaban J connectivity index is 1.56. The third-order valence-corrected chi connectivity index (χ3v) is 5.58. The Morgan fingerprint density at radius 2 is 1.94 bits per heavy atom. The van der Waals surface area contributed by atoms with Crippen molar-refractivity contribution in [1.29, 1.82) is 0 Å². The summed E-state index contributed by atoms with van der Waals surface area (Å²) in [5.41, 5.74) is 6.17. The maximum absolute atomic E-state index is 7.38. The molecule has 0 bridgehead atoms. The summed E-state index contributed by atoms with van der Waals surface area (Å²) in [4.78, 5) is 16.2. The van der Waals surface area contributed by atoms with Gasteiger partial charge in [-0.05, 0) is 44.9 Å². The molecule has 0 aliphatic carbocycles. The molecule has 1 aromatic carbocycles. The minimum atomic E-state index is 0.257. The van der Waals surface area contributed by atoms with E-state index in [0.717, 1.165) is 35.7 Å². The van der Waals surface area contributed by atoms with Gasteiger partial charge in [-0.3, -0.25) is 4.68 Å². The molecule has 8 nitrogen and oxygen atoms in total. The van der Waals surface area contributed by atoms with Crippen molar-refractivity contribution in [3.05, 3.63) is 83.2 Å². The predicted molar refractivity (Wildman–Crippen MR) is 127 cm³/mol. The highest BCUT2D eigenvalue weighted by atomic mass is 15.3. The van der Waals surface area contributed by atoms with Gasteiger partial charge in [0.1, 0.15) is 22.9 Å². The normalized spacial score (nSPS) is 11.4. The number of aromatic nitrogens is 7. The molecule has 5 rings (SSSR count). The number of nitrogens with one attached hydrogen (secondary N) is 1. The van der Waals surface area contributed by atoms with Gasteiger partial charge in [-0.15, -0.1) is 4.52 Å². The molecular weight excluding hydrogens is 412 g/mol. The quantitative estimate of drug-likeness (QED) is 0.371. The second-order valence-electron chi connectivity index (χ2n) is 8.39. The highest BCUT2D eigenvalue weighted by molar-refractivity contribution is 5.75. The summed E-state index contributed by atoms with van der Waals surface area (Å²) >= 11 is 0. The van der Waals surface area contributed by atoms with Crippen LogP contribution in [0.5, 0.6) is 0 Å². The van der Waals surface area contributed by atoms with Gasteiger partial charge in [0.2, 0.25) is 5.65 Å². The first-order valence-electron chi connectivity index (χ1n) is 10.9. The van der Waals surface area contributed by atoms with E-state index in [0.29, 0.717) is 17.2 Å². The molecule has 4 heterocycles. The summed E-state index contributed by atoms with van der Waals surface area (Å²) < 4.78 is 3.48. The SMILES string of the molecule is [C-]#[N+]c1cnc2ccc(-c3nc(CCc4cccc(C)c4)[nH]c3-c3ccn(C(C)C)n3)nn12. The molecule has 0 aliphatic heterocycles. The fraction of sp³-hybridized carbons (Fsp3) is 0.240. The monoisotopic (exact) mass is 436 g/mol. The topological polar surface area (TPSA) is 81.0 Å². The Morgan fingerprint density at radius 3 is 2.70 bits per heavy atom. The maximum Gasteiger partial charge on any atom is 0.275 e. The molecule has 0 fully saturated rings. The Hall–Kier alpha value is -4.25. The van der Waals surface area contributed by atoms with Crippen molar-refractivity contribution in [1.82, 2.24) is 34.3 Å². The summed E-state index contributed by atoms with van der Waals surface area (Å²) in [7, 11) is 0. The van der Waals surface area contributed by atoms with Crippen LogP contribution >= 0.6 is 0 Å². The lowest BCUT2D eigenvalue weighted by molar-refractivity contribution is 0.534. The number of rotatable bonds is 6. The third kappa shape index (κ3) is 4.01. The lowest BCUT2D eigenvalue weighted by atomic mass is 10.1. The number of hydrogen-bond donors (Lipinski definition) is 1. The average Bonchev–Trinajstić information content (AvgIpc) is 3.55. The van der Waals surface area contributed by atoms with Gasteiger partial charge in [0.05, 0.1) is 11.9 Å². The summed E-state index contributed by atoms with van der Waals surface area (Å²) in [6, 6.07) is 14.5. The van der Waals surface area contributed by atoms with Crippen LogP contribution in [-0.4, -0.2) is 34.3 Å². The molecule has 0 radical (unpaired) electrons. The molecule has 0 amide bonds. The number of nitrogens with zero attached hydrogens (tertiary/aromatic N) is 7. The van der Waals surface area contributed by atoms with Crippen LogP contribution in [0.1, 0.15) is 36.8 Å². The van der Waals surface area contributed by atoms with E-state index in [9.17, 15) is 0 Å². The van der Waals surface area contributed by atoms with Crippen LogP contribution in [-0.2, 0) is 12.8 Å². The molecule has 0 spiro atoms. The highest BCUT2D eigenvalue weighted by Crippen LogP contribution is 2.29. The van der Waals surface area contributed by atoms with Crippen LogP contribution in [0.4, 0.5) is 5.82 Å². The predicted octanol–water partition coefficient (Wildman–Crippen LogP) is 5.21. The molecule has 0 atom stereocenters. The minimum Gasteiger partial charge on any atom is -0.360 e. The van der Waals surface area contributed by atoms with E-state index < -0.39 is 0 Å². The molecule has 164 valence electrons. The lowest BCUT2D eigenvalue weighted by Crippen LogP contribution is -2.01. The van der Waals surface area contributed by atoms with Crippen LogP contribution in [0.3, 0.4) is 0 Å².